The van der Waals surface area contributed by atoms with Crippen molar-refractivity contribution in [2.75, 3.05) is 0 Å². The summed E-state index contributed by atoms with van der Waals surface area (Å²) in [5.74, 6) is 0.173. The zero-order chi connectivity index (χ0) is 15.8. The van der Waals surface area contributed by atoms with E-state index in [1.165, 1.54) is 0 Å². The number of hydrogen-bond acceptors (Lipinski definition) is 3. The van der Waals surface area contributed by atoms with Gasteiger partial charge < -0.3 is 4.74 Å². The number of ketones is 1. The molecule has 0 saturated heterocycles. The van der Waals surface area contributed by atoms with E-state index in [2.05, 4.69) is 6.08 Å². The normalized spacial score (nSPS) is 21.6. The van der Waals surface area contributed by atoms with Crippen molar-refractivity contribution in [1.29, 1.82) is 0 Å². The van der Waals surface area contributed by atoms with Crippen LogP contribution in [-0.4, -0.2) is 11.8 Å². The number of carbonyl (C=O) groups is 2. The fourth-order valence-corrected chi connectivity index (χ4v) is 2.45. The van der Waals surface area contributed by atoms with Crippen LogP contribution in [0.3, 0.4) is 0 Å². The Labute approximate surface area is 126 Å². The second kappa shape index (κ2) is 5.28. The van der Waals surface area contributed by atoms with E-state index in [4.69, 9.17) is 4.74 Å². The topological polar surface area (TPSA) is 43.4 Å². The van der Waals surface area contributed by atoms with Gasteiger partial charge in [0.1, 0.15) is 5.76 Å². The molecular formula is C18H24O3. The van der Waals surface area contributed by atoms with Crippen molar-refractivity contribution >= 4 is 11.8 Å². The first-order chi connectivity index (χ1) is 9.63. The molecule has 0 bridgehead atoms. The molecule has 2 aliphatic rings. The Morgan fingerprint density at radius 3 is 2.57 bits per heavy atom. The Bertz CT molecular complexity index is 566. The Kier molecular flexibility index (Phi) is 3.96. The third kappa shape index (κ3) is 3.17. The van der Waals surface area contributed by atoms with E-state index in [9.17, 15) is 9.59 Å². The molecular weight excluding hydrogens is 264 g/mol. The van der Waals surface area contributed by atoms with E-state index in [0.717, 1.165) is 24.8 Å². The van der Waals surface area contributed by atoms with E-state index < -0.39 is 10.8 Å². The van der Waals surface area contributed by atoms with Crippen LogP contribution in [0.2, 0.25) is 0 Å². The van der Waals surface area contributed by atoms with Crippen molar-refractivity contribution in [2.24, 2.45) is 10.8 Å². The van der Waals surface area contributed by atoms with Gasteiger partial charge in [-0.1, -0.05) is 26.0 Å². The number of hydrogen-bond donors (Lipinski definition) is 0. The van der Waals surface area contributed by atoms with Crippen molar-refractivity contribution in [3.05, 3.63) is 35.1 Å². The summed E-state index contributed by atoms with van der Waals surface area (Å²) < 4.78 is 5.56. The van der Waals surface area contributed by atoms with E-state index in [-0.39, 0.29) is 11.8 Å². The predicted octanol–water partition coefficient (Wildman–Crippen LogP) is 4.11. The molecule has 0 radical (unpaired) electrons. The summed E-state index contributed by atoms with van der Waals surface area (Å²) in [4.78, 5) is 24.9. The summed E-state index contributed by atoms with van der Waals surface area (Å²) in [6, 6.07) is 0. The van der Waals surface area contributed by atoms with E-state index >= 15 is 0 Å². The number of carbonyl (C=O) groups excluding carboxylic acids is 2. The molecule has 1 fully saturated rings. The maximum absolute atomic E-state index is 12.8. The molecule has 0 unspecified atom stereocenters. The molecule has 0 aliphatic heterocycles. The monoisotopic (exact) mass is 288 g/mol. The molecule has 0 heterocycles. The van der Waals surface area contributed by atoms with Crippen molar-refractivity contribution in [2.45, 2.75) is 53.9 Å². The van der Waals surface area contributed by atoms with E-state index in [1.807, 2.05) is 40.7 Å². The standard InChI is InChI=1S/C18H24O3/c1-17(2,3)16(20)21-13-9-7-6-8-12-10-11-18(4,5)15(19)14(12)13/h7-9H,6,10-11H2,1-5H3. The van der Waals surface area contributed by atoms with Gasteiger partial charge in [-0.3, -0.25) is 9.59 Å². The Balaban J connectivity index is 2.46. The molecule has 0 atom stereocenters. The van der Waals surface area contributed by atoms with Crippen LogP contribution >= 0.6 is 0 Å². The maximum atomic E-state index is 12.8. The summed E-state index contributed by atoms with van der Waals surface area (Å²) in [6.45, 7) is 9.34. The fraction of sp³-hybridized carbons (Fsp3) is 0.556. The second-order valence-electron chi connectivity index (χ2n) is 7.46. The van der Waals surface area contributed by atoms with Crippen LogP contribution in [0.25, 0.3) is 0 Å². The van der Waals surface area contributed by atoms with Crippen molar-refractivity contribution < 1.29 is 14.3 Å². The third-order valence-corrected chi connectivity index (χ3v) is 4.01. The average Bonchev–Trinajstić information content (AvgIpc) is 2.56. The smallest absolute Gasteiger partial charge is 0.316 e. The third-order valence-electron chi connectivity index (χ3n) is 4.01. The summed E-state index contributed by atoms with van der Waals surface area (Å²) in [5, 5.41) is 0. The van der Waals surface area contributed by atoms with Crippen LogP contribution in [0.5, 0.6) is 0 Å². The van der Waals surface area contributed by atoms with Gasteiger partial charge in [0.25, 0.3) is 0 Å². The van der Waals surface area contributed by atoms with Gasteiger partial charge in [0.2, 0.25) is 0 Å². The van der Waals surface area contributed by atoms with Crippen LogP contribution < -0.4 is 0 Å². The second-order valence-corrected chi connectivity index (χ2v) is 7.46. The predicted molar refractivity (Wildman–Crippen MR) is 82.4 cm³/mol. The first-order valence-corrected chi connectivity index (χ1v) is 7.50. The van der Waals surface area contributed by atoms with Crippen LogP contribution in [0.15, 0.2) is 35.1 Å². The highest BCUT2D eigenvalue weighted by atomic mass is 16.5. The molecule has 3 nitrogen and oxygen atoms in total. The van der Waals surface area contributed by atoms with Gasteiger partial charge in [0.05, 0.1) is 11.0 Å². The lowest BCUT2D eigenvalue weighted by Crippen LogP contribution is -2.32. The van der Waals surface area contributed by atoms with Gasteiger partial charge in [0, 0.05) is 5.41 Å². The van der Waals surface area contributed by atoms with E-state index in [1.54, 1.807) is 6.08 Å². The molecule has 0 spiro atoms. The maximum Gasteiger partial charge on any atom is 0.316 e. The van der Waals surface area contributed by atoms with Crippen molar-refractivity contribution in [1.82, 2.24) is 0 Å². The minimum absolute atomic E-state index is 0.0725. The molecule has 3 heteroatoms. The highest BCUT2D eigenvalue weighted by Crippen LogP contribution is 2.41. The van der Waals surface area contributed by atoms with E-state index in [0.29, 0.717) is 11.3 Å². The molecule has 0 aromatic carbocycles. The highest BCUT2D eigenvalue weighted by molar-refractivity contribution is 6.05. The van der Waals surface area contributed by atoms with Crippen LogP contribution in [0.4, 0.5) is 0 Å². The Morgan fingerprint density at radius 1 is 1.29 bits per heavy atom. The summed E-state index contributed by atoms with van der Waals surface area (Å²) in [7, 11) is 0. The number of allylic oxidation sites excluding steroid dienone is 5. The molecule has 2 rings (SSSR count). The van der Waals surface area contributed by atoms with Gasteiger partial charge in [-0.2, -0.15) is 0 Å². The minimum atomic E-state index is -0.592. The number of ether oxygens (including phenoxy) is 1. The van der Waals surface area contributed by atoms with Gasteiger partial charge in [-0.25, -0.2) is 0 Å². The average molecular weight is 288 g/mol. The SMILES string of the molecule is CC(C)(C)C(=O)OC1=C2C(=O)C(C)(C)CCC2=CCC=C1. The van der Waals surface area contributed by atoms with Gasteiger partial charge >= 0.3 is 5.97 Å². The zero-order valence-corrected chi connectivity index (χ0v) is 13.6. The number of rotatable bonds is 1. The summed E-state index contributed by atoms with van der Waals surface area (Å²) in [5.41, 5.74) is 0.619. The largest absolute Gasteiger partial charge is 0.425 e. The number of esters is 1. The highest BCUT2D eigenvalue weighted by Gasteiger charge is 2.39. The lowest BCUT2D eigenvalue weighted by molar-refractivity contribution is -0.148. The molecule has 0 aromatic heterocycles. The minimum Gasteiger partial charge on any atom is -0.425 e. The van der Waals surface area contributed by atoms with Gasteiger partial charge in [-0.15, -0.1) is 0 Å². The Hall–Kier alpha value is -1.64. The van der Waals surface area contributed by atoms with Crippen molar-refractivity contribution in [3.8, 4) is 0 Å². The molecule has 0 amide bonds. The first-order valence-electron chi connectivity index (χ1n) is 7.50. The molecule has 1 saturated carbocycles. The molecule has 114 valence electrons. The molecule has 2 aliphatic carbocycles. The van der Waals surface area contributed by atoms with Crippen molar-refractivity contribution in [3.63, 3.8) is 0 Å². The van der Waals surface area contributed by atoms with Crippen LogP contribution in [0, 0.1) is 10.8 Å². The first kappa shape index (κ1) is 15.7. The Morgan fingerprint density at radius 2 is 1.95 bits per heavy atom. The lowest BCUT2D eigenvalue weighted by atomic mass is 9.71. The number of fused-ring (bicyclic) bond motifs is 1. The lowest BCUT2D eigenvalue weighted by Gasteiger charge is -2.32. The van der Waals surface area contributed by atoms with Crippen LogP contribution in [0.1, 0.15) is 53.9 Å². The number of Topliss-reactive ketones (excluding diaryl/α,β-unsaturated/α-hetero) is 1. The quantitative estimate of drug-likeness (QED) is 0.682. The van der Waals surface area contributed by atoms with Gasteiger partial charge in [-0.05, 0) is 51.7 Å². The summed E-state index contributed by atoms with van der Waals surface area (Å²) in [6.07, 6.45) is 8.22. The molecule has 0 aromatic rings. The van der Waals surface area contributed by atoms with Gasteiger partial charge in [0.15, 0.2) is 5.78 Å². The van der Waals surface area contributed by atoms with Crippen LogP contribution in [-0.2, 0) is 14.3 Å². The molecule has 0 N–H and O–H groups in total. The summed E-state index contributed by atoms with van der Waals surface area (Å²) >= 11 is 0. The fourth-order valence-electron chi connectivity index (χ4n) is 2.45. The zero-order valence-electron chi connectivity index (χ0n) is 13.6. The molecule has 21 heavy (non-hydrogen) atoms.